The van der Waals surface area contributed by atoms with Gasteiger partial charge in [-0.2, -0.15) is 0 Å². The van der Waals surface area contributed by atoms with Gasteiger partial charge in [0.15, 0.2) is 0 Å². The van der Waals surface area contributed by atoms with Gasteiger partial charge in [-0.1, -0.05) is 11.6 Å². The first-order valence-electron chi connectivity index (χ1n) is 12.9. The van der Waals surface area contributed by atoms with E-state index in [1.165, 1.54) is 5.56 Å². The molecule has 3 unspecified atom stereocenters. The number of amides is 1. The number of methoxy groups -OCH3 is 1. The molecule has 6 rings (SSSR count). The third-order valence-electron chi connectivity index (χ3n) is 8.82. The lowest BCUT2D eigenvalue weighted by Crippen LogP contribution is -2.47. The number of fused-ring (bicyclic) bond motifs is 1. The number of halogens is 1. The molecule has 35 heavy (non-hydrogen) atoms. The first kappa shape index (κ1) is 23.6. The number of hydrogen-bond acceptors (Lipinski definition) is 6. The van der Waals surface area contributed by atoms with Crippen molar-refractivity contribution in [3.05, 3.63) is 35.0 Å². The topological polar surface area (TPSA) is 72.9 Å². The number of anilines is 1. The molecule has 0 radical (unpaired) electrons. The molecule has 4 aliphatic rings. The molecule has 4 heterocycles. The first-order chi connectivity index (χ1) is 17.1. The summed E-state index contributed by atoms with van der Waals surface area (Å²) >= 11 is 6.74. The Labute approximate surface area is 211 Å². The minimum Gasteiger partial charge on any atom is -0.381 e. The predicted octanol–water partition coefficient (Wildman–Crippen LogP) is 4.24. The van der Waals surface area contributed by atoms with Crippen LogP contribution in [0.2, 0.25) is 5.02 Å². The zero-order valence-electron chi connectivity index (χ0n) is 20.3. The summed E-state index contributed by atoms with van der Waals surface area (Å²) in [5, 5.41) is 5.93. The zero-order chi connectivity index (χ0) is 24.0. The summed E-state index contributed by atoms with van der Waals surface area (Å²) in [7, 11) is 1.77. The number of rotatable bonds is 5. The molecule has 0 bridgehead atoms. The van der Waals surface area contributed by atoms with Crippen LogP contribution in [0, 0.1) is 11.3 Å². The van der Waals surface area contributed by atoms with Crippen LogP contribution in [-0.2, 0) is 19.0 Å². The van der Waals surface area contributed by atoms with Crippen LogP contribution < -0.4 is 5.32 Å². The van der Waals surface area contributed by atoms with E-state index in [9.17, 15) is 4.79 Å². The Morgan fingerprint density at radius 3 is 2.71 bits per heavy atom. The third kappa shape index (κ3) is 4.58. The maximum Gasteiger partial charge on any atom is 0.229 e. The molecule has 3 atom stereocenters. The van der Waals surface area contributed by atoms with Gasteiger partial charge in [0.05, 0.1) is 25.4 Å². The van der Waals surface area contributed by atoms with Gasteiger partial charge in [-0.3, -0.25) is 9.69 Å². The van der Waals surface area contributed by atoms with Crippen LogP contribution in [-0.4, -0.2) is 74.6 Å². The Morgan fingerprint density at radius 2 is 1.94 bits per heavy atom. The highest BCUT2D eigenvalue weighted by Gasteiger charge is 2.58. The average molecular weight is 500 g/mol. The van der Waals surface area contributed by atoms with Gasteiger partial charge in [-0.25, -0.2) is 4.98 Å². The molecular formula is C27H34ClN3O4. The van der Waals surface area contributed by atoms with Gasteiger partial charge < -0.3 is 19.5 Å². The molecule has 2 aromatic rings. The number of likely N-dealkylation sites (tertiary alicyclic amines) is 1. The van der Waals surface area contributed by atoms with Crippen molar-refractivity contribution < 1.29 is 19.0 Å². The van der Waals surface area contributed by atoms with Gasteiger partial charge in [0.1, 0.15) is 5.82 Å². The van der Waals surface area contributed by atoms with E-state index in [-0.39, 0.29) is 23.3 Å². The standard InChI is InChI=1S/C27H34ClN3O4/c1-33-24-16-35-15-23(24)31-6-2-17(3-7-31)20-10-18-12-25(29-14-19(18)11-22(20)28)30-26(32)21-13-27(21)4-8-34-9-5-27/h10-12,14,17,21,23-24H,2-9,13,15-16H2,1H3,(H,29,30,32). The second-order valence-electron chi connectivity index (χ2n) is 10.7. The molecule has 7 nitrogen and oxygen atoms in total. The summed E-state index contributed by atoms with van der Waals surface area (Å²) in [5.74, 6) is 1.20. The first-order valence-corrected chi connectivity index (χ1v) is 13.3. The fourth-order valence-corrected chi connectivity index (χ4v) is 6.78. The van der Waals surface area contributed by atoms with E-state index in [0.29, 0.717) is 24.4 Å². The molecule has 4 fully saturated rings. The minimum absolute atomic E-state index is 0.0813. The van der Waals surface area contributed by atoms with Crippen molar-refractivity contribution in [1.29, 1.82) is 0 Å². The highest BCUT2D eigenvalue weighted by molar-refractivity contribution is 6.32. The highest BCUT2D eigenvalue weighted by Crippen LogP contribution is 2.59. The summed E-state index contributed by atoms with van der Waals surface area (Å²) in [6, 6.07) is 6.54. The van der Waals surface area contributed by atoms with Crippen LogP contribution in [0.1, 0.15) is 43.6 Å². The van der Waals surface area contributed by atoms with Gasteiger partial charge in [0.2, 0.25) is 5.91 Å². The van der Waals surface area contributed by atoms with Gasteiger partial charge in [0.25, 0.3) is 0 Å². The smallest absolute Gasteiger partial charge is 0.229 e. The number of ether oxygens (including phenoxy) is 3. The van der Waals surface area contributed by atoms with Crippen LogP contribution in [0.5, 0.6) is 0 Å². The molecule has 1 N–H and O–H groups in total. The molecule has 1 aromatic carbocycles. The number of aromatic nitrogens is 1. The van der Waals surface area contributed by atoms with Gasteiger partial charge >= 0.3 is 0 Å². The van der Waals surface area contributed by atoms with Crippen LogP contribution in [0.3, 0.4) is 0 Å². The van der Waals surface area contributed by atoms with Crippen molar-refractivity contribution in [2.75, 3.05) is 51.9 Å². The van der Waals surface area contributed by atoms with Crippen LogP contribution in [0.15, 0.2) is 24.4 Å². The van der Waals surface area contributed by atoms with Gasteiger partial charge in [-0.05, 0) is 85.7 Å². The largest absolute Gasteiger partial charge is 0.381 e. The van der Waals surface area contributed by atoms with Crippen LogP contribution in [0.4, 0.5) is 5.82 Å². The fraction of sp³-hybridized carbons (Fsp3) is 0.630. The van der Waals surface area contributed by atoms with Gasteiger partial charge in [-0.15, -0.1) is 0 Å². The predicted molar refractivity (Wildman–Crippen MR) is 135 cm³/mol. The number of pyridine rings is 1. The Bertz CT molecular complexity index is 1100. The molecule has 188 valence electrons. The number of nitrogens with one attached hydrogen (secondary N) is 1. The number of piperidine rings is 1. The van der Waals surface area contributed by atoms with Crippen molar-refractivity contribution in [2.45, 2.75) is 50.2 Å². The molecule has 3 aliphatic heterocycles. The van der Waals surface area contributed by atoms with Crippen LogP contribution >= 0.6 is 11.6 Å². The zero-order valence-corrected chi connectivity index (χ0v) is 21.1. The monoisotopic (exact) mass is 499 g/mol. The summed E-state index contributed by atoms with van der Waals surface area (Å²) in [6.45, 7) is 4.99. The molecule has 1 amide bonds. The van der Waals surface area contributed by atoms with E-state index in [2.05, 4.69) is 21.3 Å². The second kappa shape index (κ2) is 9.60. The van der Waals surface area contributed by atoms with E-state index in [0.717, 1.165) is 80.8 Å². The summed E-state index contributed by atoms with van der Waals surface area (Å²) < 4.78 is 16.8. The molecule has 1 spiro atoms. The SMILES string of the molecule is COC1COCC1N1CCC(c2cc3cc(NC(=O)C4CC45CCOCC5)ncc3cc2Cl)CC1. The summed E-state index contributed by atoms with van der Waals surface area (Å²) in [4.78, 5) is 19.9. The normalized spacial score (nSPS) is 29.0. The Balaban J connectivity index is 1.14. The highest BCUT2D eigenvalue weighted by atomic mass is 35.5. The maximum atomic E-state index is 12.9. The quantitative estimate of drug-likeness (QED) is 0.663. The van der Waals surface area contributed by atoms with E-state index in [1.807, 2.05) is 18.3 Å². The lowest BCUT2D eigenvalue weighted by Gasteiger charge is -2.37. The molecule has 1 saturated carbocycles. The molecular weight excluding hydrogens is 466 g/mol. The van der Waals surface area contributed by atoms with E-state index in [4.69, 9.17) is 25.8 Å². The molecule has 3 saturated heterocycles. The number of carbonyl (C=O) groups is 1. The number of nitrogens with zero attached hydrogens (tertiary/aromatic N) is 2. The molecule has 1 aromatic heterocycles. The van der Waals surface area contributed by atoms with Crippen molar-refractivity contribution in [3.8, 4) is 0 Å². The van der Waals surface area contributed by atoms with Crippen molar-refractivity contribution in [1.82, 2.24) is 9.88 Å². The maximum absolute atomic E-state index is 12.9. The number of carbonyl (C=O) groups excluding carboxylic acids is 1. The van der Waals surface area contributed by atoms with Gasteiger partial charge in [0, 0.05) is 42.8 Å². The average Bonchev–Trinajstić information content (AvgIpc) is 3.34. The summed E-state index contributed by atoms with van der Waals surface area (Å²) in [5.41, 5.74) is 1.35. The third-order valence-corrected chi connectivity index (χ3v) is 9.15. The van der Waals surface area contributed by atoms with E-state index in [1.54, 1.807) is 7.11 Å². The lowest BCUT2D eigenvalue weighted by atomic mass is 9.87. The fourth-order valence-electron chi connectivity index (χ4n) is 6.46. The van der Waals surface area contributed by atoms with Crippen molar-refractivity contribution in [2.24, 2.45) is 11.3 Å². The second-order valence-corrected chi connectivity index (χ2v) is 11.1. The number of benzene rings is 1. The molecule has 1 aliphatic carbocycles. The minimum atomic E-state index is 0.0813. The van der Waals surface area contributed by atoms with Crippen molar-refractivity contribution >= 4 is 34.1 Å². The molecule has 8 heteroatoms. The lowest BCUT2D eigenvalue weighted by molar-refractivity contribution is -0.118. The summed E-state index contributed by atoms with van der Waals surface area (Å²) in [6.07, 6.45) is 7.01. The Morgan fingerprint density at radius 1 is 1.14 bits per heavy atom. The van der Waals surface area contributed by atoms with E-state index < -0.39 is 0 Å². The number of hydrogen-bond donors (Lipinski definition) is 1. The van der Waals surface area contributed by atoms with Crippen molar-refractivity contribution in [3.63, 3.8) is 0 Å². The van der Waals surface area contributed by atoms with Crippen LogP contribution in [0.25, 0.3) is 10.8 Å². The van der Waals surface area contributed by atoms with E-state index >= 15 is 0 Å². The Hall–Kier alpha value is -1.77. The Kier molecular flexibility index (Phi) is 6.48.